The predicted molar refractivity (Wildman–Crippen MR) is 90.9 cm³/mol. The van der Waals surface area contributed by atoms with E-state index in [9.17, 15) is 13.2 Å². The summed E-state index contributed by atoms with van der Waals surface area (Å²) < 4.78 is 28.8. The zero-order chi connectivity index (χ0) is 17.2. The van der Waals surface area contributed by atoms with Crippen molar-refractivity contribution in [2.45, 2.75) is 50.6 Å². The summed E-state index contributed by atoms with van der Waals surface area (Å²) in [6.45, 7) is 0. The zero-order valence-electron chi connectivity index (χ0n) is 14.0. The lowest BCUT2D eigenvalue weighted by molar-refractivity contribution is 0.0541. The van der Waals surface area contributed by atoms with Crippen molar-refractivity contribution >= 4 is 15.7 Å². The standard InChI is InChI=1S/C17H24N2O4S/c1-23-16-8-7-13(11-18-16)17(20)19(14-5-3-2-4-6-14)15-9-10-24(21,22)12-15/h7-8,11,14-15H,2-6,9-10,12H2,1H3. The van der Waals surface area contributed by atoms with Gasteiger partial charge in [-0.2, -0.15) is 0 Å². The SMILES string of the molecule is COc1ccc(C(=O)N(C2CCCCC2)C2CCS(=O)(=O)C2)cn1. The molecule has 2 aliphatic rings. The molecular weight excluding hydrogens is 328 g/mol. The minimum Gasteiger partial charge on any atom is -0.481 e. The van der Waals surface area contributed by atoms with Crippen LogP contribution in [0, 0.1) is 0 Å². The van der Waals surface area contributed by atoms with Crippen LogP contribution < -0.4 is 4.74 Å². The molecule has 1 aromatic rings. The van der Waals surface area contributed by atoms with Gasteiger partial charge in [0.1, 0.15) is 0 Å². The monoisotopic (exact) mass is 352 g/mol. The molecule has 0 radical (unpaired) electrons. The molecule has 24 heavy (non-hydrogen) atoms. The van der Waals surface area contributed by atoms with Gasteiger partial charge < -0.3 is 9.64 Å². The molecule has 0 aromatic carbocycles. The van der Waals surface area contributed by atoms with E-state index in [1.54, 1.807) is 12.1 Å². The Bertz CT molecular complexity index is 681. The third kappa shape index (κ3) is 3.71. The van der Waals surface area contributed by atoms with Crippen molar-refractivity contribution in [3.05, 3.63) is 23.9 Å². The molecule has 1 amide bonds. The maximum Gasteiger partial charge on any atom is 0.255 e. The molecule has 1 saturated carbocycles. The van der Waals surface area contributed by atoms with Gasteiger partial charge in [-0.3, -0.25) is 4.79 Å². The van der Waals surface area contributed by atoms with Crippen LogP contribution in [0.5, 0.6) is 5.88 Å². The summed E-state index contributed by atoms with van der Waals surface area (Å²) in [7, 11) is -1.51. The number of pyridine rings is 1. The second kappa shape index (κ2) is 7.09. The first-order valence-electron chi connectivity index (χ1n) is 8.53. The van der Waals surface area contributed by atoms with E-state index < -0.39 is 9.84 Å². The van der Waals surface area contributed by atoms with Gasteiger partial charge in [0, 0.05) is 24.3 Å². The number of ether oxygens (including phenoxy) is 1. The van der Waals surface area contributed by atoms with Crippen LogP contribution in [0.1, 0.15) is 48.9 Å². The lowest BCUT2D eigenvalue weighted by atomic mass is 9.92. The molecule has 3 rings (SSSR count). The molecule has 0 bridgehead atoms. The molecular formula is C17H24N2O4S. The molecule has 132 valence electrons. The molecule has 1 saturated heterocycles. The normalized spacial score (nSPS) is 23.8. The van der Waals surface area contributed by atoms with E-state index in [-0.39, 0.29) is 29.5 Å². The maximum atomic E-state index is 13.1. The molecule has 1 aromatic heterocycles. The van der Waals surface area contributed by atoms with Crippen LogP contribution in [0.15, 0.2) is 18.3 Å². The maximum absolute atomic E-state index is 13.1. The van der Waals surface area contributed by atoms with Crippen molar-refractivity contribution in [2.24, 2.45) is 0 Å². The van der Waals surface area contributed by atoms with Crippen LogP contribution in [-0.4, -0.2) is 54.9 Å². The van der Waals surface area contributed by atoms with Gasteiger partial charge in [0.25, 0.3) is 5.91 Å². The number of carbonyl (C=O) groups excluding carboxylic acids is 1. The summed E-state index contributed by atoms with van der Waals surface area (Å²) in [5, 5.41) is 0. The highest BCUT2D eigenvalue weighted by atomic mass is 32.2. The van der Waals surface area contributed by atoms with Gasteiger partial charge in [0.05, 0.1) is 24.2 Å². The van der Waals surface area contributed by atoms with E-state index in [0.29, 0.717) is 17.9 Å². The molecule has 0 spiro atoms. The minimum atomic E-state index is -3.04. The Morgan fingerprint density at radius 3 is 2.46 bits per heavy atom. The Balaban J connectivity index is 1.86. The van der Waals surface area contributed by atoms with E-state index in [1.807, 2.05) is 4.90 Å². The second-order valence-corrected chi connectivity index (χ2v) is 8.88. The summed E-state index contributed by atoms with van der Waals surface area (Å²) in [6, 6.07) is 3.28. The molecule has 2 fully saturated rings. The van der Waals surface area contributed by atoms with Crippen molar-refractivity contribution in [3.8, 4) is 5.88 Å². The number of aromatic nitrogens is 1. The molecule has 2 heterocycles. The van der Waals surface area contributed by atoms with Crippen molar-refractivity contribution in [2.75, 3.05) is 18.6 Å². The smallest absolute Gasteiger partial charge is 0.255 e. The Kier molecular flexibility index (Phi) is 5.08. The van der Waals surface area contributed by atoms with Gasteiger partial charge in [0.2, 0.25) is 5.88 Å². The second-order valence-electron chi connectivity index (χ2n) is 6.65. The zero-order valence-corrected chi connectivity index (χ0v) is 14.8. The number of nitrogens with zero attached hydrogens (tertiary/aromatic N) is 2. The highest BCUT2D eigenvalue weighted by Crippen LogP contribution is 2.29. The van der Waals surface area contributed by atoms with Gasteiger partial charge in [0.15, 0.2) is 9.84 Å². The van der Waals surface area contributed by atoms with E-state index >= 15 is 0 Å². The fraction of sp³-hybridized carbons (Fsp3) is 0.647. The number of methoxy groups -OCH3 is 1. The number of hydrogen-bond acceptors (Lipinski definition) is 5. The van der Waals surface area contributed by atoms with Crippen molar-refractivity contribution in [3.63, 3.8) is 0 Å². The van der Waals surface area contributed by atoms with Crippen LogP contribution >= 0.6 is 0 Å². The molecule has 1 atom stereocenters. The molecule has 6 nitrogen and oxygen atoms in total. The Labute approximate surface area is 143 Å². The summed E-state index contributed by atoms with van der Waals surface area (Å²) >= 11 is 0. The average Bonchev–Trinajstić information content (AvgIpc) is 2.95. The van der Waals surface area contributed by atoms with Crippen LogP contribution in [0.25, 0.3) is 0 Å². The lowest BCUT2D eigenvalue weighted by Crippen LogP contribution is -2.48. The largest absolute Gasteiger partial charge is 0.481 e. The first kappa shape index (κ1) is 17.2. The quantitative estimate of drug-likeness (QED) is 0.829. The third-order valence-electron chi connectivity index (χ3n) is 5.00. The van der Waals surface area contributed by atoms with Crippen LogP contribution in [0.2, 0.25) is 0 Å². The van der Waals surface area contributed by atoms with Gasteiger partial charge in [-0.1, -0.05) is 19.3 Å². The Morgan fingerprint density at radius 1 is 1.17 bits per heavy atom. The predicted octanol–water partition coefficient (Wildman–Crippen LogP) is 2.05. The summed E-state index contributed by atoms with van der Waals surface area (Å²) in [5.74, 6) is 0.603. The number of amides is 1. The Hall–Kier alpha value is -1.63. The molecule has 1 aliphatic carbocycles. The van der Waals surface area contributed by atoms with Crippen molar-refractivity contribution in [1.29, 1.82) is 0 Å². The highest BCUT2D eigenvalue weighted by molar-refractivity contribution is 7.91. The average molecular weight is 352 g/mol. The number of rotatable bonds is 4. The van der Waals surface area contributed by atoms with Crippen LogP contribution in [-0.2, 0) is 9.84 Å². The number of hydrogen-bond donors (Lipinski definition) is 0. The number of sulfone groups is 1. The fourth-order valence-corrected chi connectivity index (χ4v) is 5.47. The van der Waals surface area contributed by atoms with Crippen LogP contribution in [0.4, 0.5) is 0 Å². The molecule has 1 aliphatic heterocycles. The Morgan fingerprint density at radius 2 is 1.92 bits per heavy atom. The highest BCUT2D eigenvalue weighted by Gasteiger charge is 2.38. The van der Waals surface area contributed by atoms with E-state index in [4.69, 9.17) is 4.74 Å². The minimum absolute atomic E-state index is 0.0822. The van der Waals surface area contributed by atoms with Crippen molar-refractivity contribution in [1.82, 2.24) is 9.88 Å². The molecule has 1 unspecified atom stereocenters. The summed E-state index contributed by atoms with van der Waals surface area (Å²) in [6.07, 6.45) is 7.32. The van der Waals surface area contributed by atoms with Gasteiger partial charge >= 0.3 is 0 Å². The van der Waals surface area contributed by atoms with Gasteiger partial charge in [-0.05, 0) is 25.3 Å². The summed E-state index contributed by atoms with van der Waals surface area (Å²) in [5.41, 5.74) is 0.491. The summed E-state index contributed by atoms with van der Waals surface area (Å²) in [4.78, 5) is 19.0. The third-order valence-corrected chi connectivity index (χ3v) is 6.75. The first-order chi connectivity index (χ1) is 11.5. The fourth-order valence-electron chi connectivity index (χ4n) is 3.76. The van der Waals surface area contributed by atoms with Gasteiger partial charge in [-0.15, -0.1) is 0 Å². The molecule has 7 heteroatoms. The van der Waals surface area contributed by atoms with Crippen LogP contribution in [0.3, 0.4) is 0 Å². The van der Waals surface area contributed by atoms with Gasteiger partial charge in [-0.25, -0.2) is 13.4 Å². The lowest BCUT2D eigenvalue weighted by Gasteiger charge is -2.38. The van der Waals surface area contributed by atoms with E-state index in [2.05, 4.69) is 4.98 Å². The van der Waals surface area contributed by atoms with Crippen molar-refractivity contribution < 1.29 is 17.9 Å². The topological polar surface area (TPSA) is 76.6 Å². The molecule has 0 N–H and O–H groups in total. The number of carbonyl (C=O) groups is 1. The first-order valence-corrected chi connectivity index (χ1v) is 10.4. The van der Waals surface area contributed by atoms with E-state index in [0.717, 1.165) is 25.7 Å². The van der Waals surface area contributed by atoms with E-state index in [1.165, 1.54) is 19.7 Å².